The number of aryl methyl sites for hydroxylation is 1. The van der Waals surface area contributed by atoms with Gasteiger partial charge in [0.05, 0.1) is 11.0 Å². The van der Waals surface area contributed by atoms with E-state index in [9.17, 15) is 0 Å². The molecule has 2 aliphatic carbocycles. The van der Waals surface area contributed by atoms with Gasteiger partial charge in [0.25, 0.3) is 0 Å². The van der Waals surface area contributed by atoms with Crippen LogP contribution < -0.4 is 0 Å². The van der Waals surface area contributed by atoms with E-state index in [0.717, 1.165) is 12.8 Å². The van der Waals surface area contributed by atoms with Crippen LogP contribution in [0, 0.1) is 0 Å². The Hall–Kier alpha value is -5.86. The first kappa shape index (κ1) is 24.5. The normalized spacial score (nSPS) is 13.4. The van der Waals surface area contributed by atoms with Crippen LogP contribution >= 0.6 is 0 Å². The zero-order valence-corrected chi connectivity index (χ0v) is 25.1. The maximum atomic E-state index is 3.69. The lowest BCUT2D eigenvalue weighted by atomic mass is 9.92. The van der Waals surface area contributed by atoms with E-state index in [2.05, 4.69) is 149 Å². The summed E-state index contributed by atoms with van der Waals surface area (Å²) in [6.45, 7) is 0. The molecule has 0 atom stereocenters. The number of para-hydroxylation sites is 1. The number of rotatable bonds is 2. The molecule has 0 unspecified atom stereocenters. The predicted molar refractivity (Wildman–Crippen MR) is 195 cm³/mol. The molecule has 0 spiro atoms. The van der Waals surface area contributed by atoms with Crippen molar-refractivity contribution in [2.75, 3.05) is 0 Å². The zero-order chi connectivity index (χ0) is 29.9. The molecule has 0 bridgehead atoms. The van der Waals surface area contributed by atoms with E-state index < -0.39 is 0 Å². The Labute approximate surface area is 265 Å². The molecule has 2 heterocycles. The molecule has 2 heteroatoms. The highest BCUT2D eigenvalue weighted by Crippen LogP contribution is 2.51. The molecule has 46 heavy (non-hydrogen) atoms. The van der Waals surface area contributed by atoms with Crippen LogP contribution in [0.2, 0.25) is 0 Å². The predicted octanol–water partition coefficient (Wildman–Crippen LogP) is 11.8. The number of hydrogen-bond acceptors (Lipinski definition) is 0. The molecule has 2 aromatic heterocycles. The number of aromatic nitrogens is 2. The molecule has 0 saturated carbocycles. The summed E-state index contributed by atoms with van der Waals surface area (Å²) < 4.78 is 2.46. The van der Waals surface area contributed by atoms with Gasteiger partial charge in [0.1, 0.15) is 0 Å². The first-order chi connectivity index (χ1) is 22.8. The number of nitrogens with zero attached hydrogens (tertiary/aromatic N) is 1. The van der Waals surface area contributed by atoms with E-state index in [-0.39, 0.29) is 0 Å². The standard InChI is InChI=1S/C44H28N2/c1-2-10-29(11-3-1)46-40-22-19-28(27-18-20-38-36(23-27)43-30-12-5-4-9-26(30)17-21-39(43)45-38)24-37(40)44-34-16-8-15-33-31-13-6-7-14-32(31)35(42(33)34)25-41(44)46/h1-3,5-8,10-25,45H,4,9H2. The summed E-state index contributed by atoms with van der Waals surface area (Å²) >= 11 is 0. The zero-order valence-electron chi connectivity index (χ0n) is 25.1. The third kappa shape index (κ3) is 3.15. The molecule has 7 aromatic carbocycles. The molecule has 0 aliphatic heterocycles. The Bertz CT molecular complexity index is 2790. The summed E-state index contributed by atoms with van der Waals surface area (Å²) in [5.74, 6) is 0. The smallest absolute Gasteiger partial charge is 0.0553 e. The fraction of sp³-hybridized carbons (Fsp3) is 0.0455. The lowest BCUT2D eigenvalue weighted by Crippen LogP contribution is -1.94. The van der Waals surface area contributed by atoms with Crippen molar-refractivity contribution in [2.24, 2.45) is 0 Å². The average molecular weight is 585 g/mol. The van der Waals surface area contributed by atoms with Crippen molar-refractivity contribution in [3.8, 4) is 39.1 Å². The molecule has 0 saturated heterocycles. The van der Waals surface area contributed by atoms with Crippen LogP contribution in [0.25, 0.3) is 99.5 Å². The van der Waals surface area contributed by atoms with Gasteiger partial charge in [-0.05, 0) is 117 Å². The highest BCUT2D eigenvalue weighted by molar-refractivity contribution is 6.29. The number of aromatic amines is 1. The summed E-state index contributed by atoms with van der Waals surface area (Å²) in [6.07, 6.45) is 6.87. The highest BCUT2D eigenvalue weighted by Gasteiger charge is 2.25. The molecule has 9 aromatic rings. The summed E-state index contributed by atoms with van der Waals surface area (Å²) in [4.78, 5) is 3.69. The minimum absolute atomic E-state index is 1.11. The second-order valence-corrected chi connectivity index (χ2v) is 12.9. The highest BCUT2D eigenvalue weighted by atomic mass is 15.0. The molecule has 1 N–H and O–H groups in total. The summed E-state index contributed by atoms with van der Waals surface area (Å²) in [6, 6.07) is 47.5. The molecule has 214 valence electrons. The molecule has 2 aliphatic rings. The second-order valence-electron chi connectivity index (χ2n) is 12.9. The van der Waals surface area contributed by atoms with Crippen LogP contribution in [-0.4, -0.2) is 9.55 Å². The van der Waals surface area contributed by atoms with Gasteiger partial charge in [0.15, 0.2) is 0 Å². The quantitative estimate of drug-likeness (QED) is 0.209. The van der Waals surface area contributed by atoms with E-state index in [0.29, 0.717) is 0 Å². The second kappa shape index (κ2) is 8.87. The van der Waals surface area contributed by atoms with Crippen molar-refractivity contribution >= 4 is 60.5 Å². The molecular weight excluding hydrogens is 556 g/mol. The van der Waals surface area contributed by atoms with Crippen LogP contribution in [0.5, 0.6) is 0 Å². The van der Waals surface area contributed by atoms with Crippen molar-refractivity contribution in [2.45, 2.75) is 12.8 Å². The Morgan fingerprint density at radius 3 is 2.15 bits per heavy atom. The number of H-pyrrole nitrogens is 1. The van der Waals surface area contributed by atoms with Crippen molar-refractivity contribution in [1.29, 1.82) is 0 Å². The van der Waals surface area contributed by atoms with Gasteiger partial charge in [-0.25, -0.2) is 0 Å². The Morgan fingerprint density at radius 1 is 0.500 bits per heavy atom. The van der Waals surface area contributed by atoms with E-state index in [1.165, 1.54) is 105 Å². The van der Waals surface area contributed by atoms with E-state index in [4.69, 9.17) is 0 Å². The third-order valence-corrected chi connectivity index (χ3v) is 10.5. The van der Waals surface area contributed by atoms with Gasteiger partial charge in [-0.2, -0.15) is 0 Å². The molecule has 0 radical (unpaired) electrons. The Morgan fingerprint density at radius 2 is 1.26 bits per heavy atom. The molecule has 2 nitrogen and oxygen atoms in total. The first-order valence-electron chi connectivity index (χ1n) is 16.3. The third-order valence-electron chi connectivity index (χ3n) is 10.5. The fourth-order valence-electron chi connectivity index (χ4n) is 8.50. The van der Waals surface area contributed by atoms with E-state index in [1.54, 1.807) is 0 Å². The monoisotopic (exact) mass is 584 g/mol. The Kier molecular flexibility index (Phi) is 4.71. The van der Waals surface area contributed by atoms with E-state index >= 15 is 0 Å². The van der Waals surface area contributed by atoms with Gasteiger partial charge in [-0.1, -0.05) is 91.0 Å². The van der Waals surface area contributed by atoms with Gasteiger partial charge in [-0.3, -0.25) is 0 Å². The molecular formula is C44H28N2. The van der Waals surface area contributed by atoms with Crippen molar-refractivity contribution in [3.05, 3.63) is 145 Å². The molecule has 0 amide bonds. The fourth-order valence-corrected chi connectivity index (χ4v) is 8.50. The molecule has 0 fully saturated rings. The number of fused-ring (bicyclic) bond motifs is 12. The number of allylic oxidation sites excluding steroid dienone is 1. The van der Waals surface area contributed by atoms with Gasteiger partial charge in [0, 0.05) is 38.3 Å². The van der Waals surface area contributed by atoms with Crippen LogP contribution in [0.1, 0.15) is 17.5 Å². The lowest BCUT2D eigenvalue weighted by molar-refractivity contribution is 0.990. The topological polar surface area (TPSA) is 20.7 Å². The minimum Gasteiger partial charge on any atom is -0.354 e. The maximum Gasteiger partial charge on any atom is 0.0553 e. The average Bonchev–Trinajstić information content (AvgIpc) is 3.77. The number of benzene rings is 7. The van der Waals surface area contributed by atoms with Crippen molar-refractivity contribution in [1.82, 2.24) is 9.55 Å². The van der Waals surface area contributed by atoms with Gasteiger partial charge in [0.2, 0.25) is 0 Å². The van der Waals surface area contributed by atoms with Crippen LogP contribution in [-0.2, 0) is 6.42 Å². The van der Waals surface area contributed by atoms with Crippen LogP contribution in [0.4, 0.5) is 0 Å². The lowest BCUT2D eigenvalue weighted by Gasteiger charge is -2.11. The maximum absolute atomic E-state index is 3.69. The minimum atomic E-state index is 1.11. The molecule has 11 rings (SSSR count). The Balaban J connectivity index is 1.22. The SMILES string of the molecule is C1=Cc2c(ccc3[nH]c4ccc(-c5ccc6c(c5)c5c7cccc8c7c(cc5n6-c5ccccc5)-c5ccccc5-8)cc4c23)CC1. The summed E-state index contributed by atoms with van der Waals surface area (Å²) in [5, 5.41) is 7.94. The van der Waals surface area contributed by atoms with Gasteiger partial charge < -0.3 is 9.55 Å². The van der Waals surface area contributed by atoms with E-state index in [1.807, 2.05) is 0 Å². The largest absolute Gasteiger partial charge is 0.354 e. The van der Waals surface area contributed by atoms with Gasteiger partial charge in [-0.15, -0.1) is 0 Å². The first-order valence-corrected chi connectivity index (χ1v) is 16.3. The summed E-state index contributed by atoms with van der Waals surface area (Å²) in [5.41, 5.74) is 16.7. The van der Waals surface area contributed by atoms with Gasteiger partial charge >= 0.3 is 0 Å². The van der Waals surface area contributed by atoms with Crippen molar-refractivity contribution in [3.63, 3.8) is 0 Å². The van der Waals surface area contributed by atoms with Crippen LogP contribution in [0.15, 0.2) is 133 Å². The van der Waals surface area contributed by atoms with Crippen LogP contribution in [0.3, 0.4) is 0 Å². The van der Waals surface area contributed by atoms with Crippen molar-refractivity contribution < 1.29 is 0 Å². The number of nitrogens with one attached hydrogen (secondary N) is 1. The number of hydrogen-bond donors (Lipinski definition) is 1. The summed E-state index contributed by atoms with van der Waals surface area (Å²) in [7, 11) is 0.